The lowest BCUT2D eigenvalue weighted by Crippen LogP contribution is -1.98. The number of methoxy groups -OCH3 is 1. The minimum Gasteiger partial charge on any atom is -0.481 e. The molecule has 0 unspecified atom stereocenters. The molecule has 0 amide bonds. The number of nitrogens with zero attached hydrogens (tertiary/aromatic N) is 1. The average Bonchev–Trinajstić information content (AvgIpc) is 2.36. The molecule has 2 rings (SSSR count). The van der Waals surface area contributed by atoms with Gasteiger partial charge in [-0.25, -0.2) is 4.98 Å². The van der Waals surface area contributed by atoms with Crippen LogP contribution in [0.25, 0.3) is 10.9 Å². The molecule has 0 aliphatic heterocycles. The quantitative estimate of drug-likeness (QED) is 0.792. The van der Waals surface area contributed by atoms with Gasteiger partial charge >= 0.3 is 0 Å². The second kappa shape index (κ2) is 4.97. The number of fused-ring (bicyclic) bond motifs is 1. The first kappa shape index (κ1) is 12.9. The van der Waals surface area contributed by atoms with E-state index in [1.165, 1.54) is 16.5 Å². The summed E-state index contributed by atoms with van der Waals surface area (Å²) in [7, 11) is 1.66. The Kier molecular flexibility index (Phi) is 3.55. The molecule has 0 bridgehead atoms. The summed E-state index contributed by atoms with van der Waals surface area (Å²) in [6.45, 7) is 8.87. The second-order valence-corrected chi connectivity index (χ2v) is 5.34. The van der Waals surface area contributed by atoms with Gasteiger partial charge in [0.25, 0.3) is 0 Å². The van der Waals surface area contributed by atoms with Crippen LogP contribution in [0.2, 0.25) is 0 Å². The van der Waals surface area contributed by atoms with E-state index in [2.05, 4.69) is 50.9 Å². The molecule has 0 aliphatic carbocycles. The van der Waals surface area contributed by atoms with Crippen LogP contribution in [0.1, 0.15) is 50.7 Å². The Morgan fingerprint density at radius 2 is 1.72 bits per heavy atom. The summed E-state index contributed by atoms with van der Waals surface area (Å²) in [4.78, 5) is 4.59. The van der Waals surface area contributed by atoms with Gasteiger partial charge in [-0.05, 0) is 35.1 Å². The number of rotatable bonds is 3. The van der Waals surface area contributed by atoms with Crippen LogP contribution in [0.3, 0.4) is 0 Å². The summed E-state index contributed by atoms with van der Waals surface area (Å²) < 4.78 is 5.22. The molecule has 0 atom stereocenters. The van der Waals surface area contributed by atoms with Gasteiger partial charge in [-0.2, -0.15) is 0 Å². The Morgan fingerprint density at radius 1 is 1.00 bits per heavy atom. The van der Waals surface area contributed by atoms with Crippen molar-refractivity contribution in [3.8, 4) is 5.88 Å². The van der Waals surface area contributed by atoms with Crippen LogP contribution in [0, 0.1) is 0 Å². The van der Waals surface area contributed by atoms with E-state index in [-0.39, 0.29) is 0 Å². The lowest BCUT2D eigenvalue weighted by atomic mass is 9.93. The average molecular weight is 243 g/mol. The number of pyridine rings is 1. The summed E-state index contributed by atoms with van der Waals surface area (Å²) >= 11 is 0. The first-order valence-electron chi connectivity index (χ1n) is 6.51. The minimum absolute atomic E-state index is 0.464. The molecular formula is C16H21NO. The van der Waals surface area contributed by atoms with Gasteiger partial charge in [0.05, 0.1) is 12.6 Å². The Bertz CT molecular complexity index is 558. The number of aromatic nitrogens is 1. The molecule has 18 heavy (non-hydrogen) atoms. The van der Waals surface area contributed by atoms with Gasteiger partial charge in [-0.1, -0.05) is 33.8 Å². The third kappa shape index (κ3) is 2.33. The number of benzene rings is 1. The summed E-state index contributed by atoms with van der Waals surface area (Å²) in [6.07, 6.45) is 0. The molecular weight excluding hydrogens is 222 g/mol. The van der Waals surface area contributed by atoms with Crippen molar-refractivity contribution in [1.29, 1.82) is 0 Å². The molecule has 2 heteroatoms. The van der Waals surface area contributed by atoms with E-state index in [0.29, 0.717) is 17.7 Å². The maximum absolute atomic E-state index is 5.22. The Balaban J connectivity index is 2.73. The van der Waals surface area contributed by atoms with Crippen LogP contribution in [-0.4, -0.2) is 12.1 Å². The molecule has 1 aromatic carbocycles. The molecule has 0 fully saturated rings. The van der Waals surface area contributed by atoms with Gasteiger partial charge in [0.15, 0.2) is 0 Å². The third-order valence-electron chi connectivity index (χ3n) is 3.32. The predicted octanol–water partition coefficient (Wildman–Crippen LogP) is 4.49. The van der Waals surface area contributed by atoms with E-state index in [1.54, 1.807) is 7.11 Å². The highest BCUT2D eigenvalue weighted by atomic mass is 16.5. The fraction of sp³-hybridized carbons (Fsp3) is 0.438. The monoisotopic (exact) mass is 243 g/mol. The fourth-order valence-electron chi connectivity index (χ4n) is 2.16. The highest BCUT2D eigenvalue weighted by Gasteiger charge is 2.11. The highest BCUT2D eigenvalue weighted by molar-refractivity contribution is 5.84. The predicted molar refractivity (Wildman–Crippen MR) is 76.5 cm³/mol. The van der Waals surface area contributed by atoms with Crippen molar-refractivity contribution in [2.45, 2.75) is 39.5 Å². The molecule has 0 N–H and O–H groups in total. The van der Waals surface area contributed by atoms with Crippen LogP contribution >= 0.6 is 0 Å². The first-order chi connectivity index (χ1) is 8.52. The maximum Gasteiger partial charge on any atom is 0.213 e. The molecule has 0 spiro atoms. The van der Waals surface area contributed by atoms with E-state index >= 15 is 0 Å². The van der Waals surface area contributed by atoms with Crippen LogP contribution in [0.5, 0.6) is 5.88 Å². The summed E-state index contributed by atoms with van der Waals surface area (Å²) in [5, 5.41) is 1.20. The number of hydrogen-bond donors (Lipinski definition) is 0. The Morgan fingerprint density at radius 3 is 2.28 bits per heavy atom. The molecule has 2 nitrogen and oxygen atoms in total. The second-order valence-electron chi connectivity index (χ2n) is 5.34. The molecule has 1 heterocycles. The van der Waals surface area contributed by atoms with Crippen molar-refractivity contribution < 1.29 is 4.74 Å². The van der Waals surface area contributed by atoms with Crippen molar-refractivity contribution in [1.82, 2.24) is 4.98 Å². The maximum atomic E-state index is 5.22. The molecule has 0 saturated carbocycles. The fourth-order valence-corrected chi connectivity index (χ4v) is 2.16. The summed E-state index contributed by atoms with van der Waals surface area (Å²) in [6, 6.07) is 8.54. The van der Waals surface area contributed by atoms with Gasteiger partial charge in [0.2, 0.25) is 5.88 Å². The lowest BCUT2D eigenvalue weighted by Gasteiger charge is -2.15. The molecule has 96 valence electrons. The molecule has 0 saturated heterocycles. The van der Waals surface area contributed by atoms with E-state index in [0.717, 1.165) is 5.52 Å². The van der Waals surface area contributed by atoms with E-state index in [1.807, 2.05) is 6.07 Å². The van der Waals surface area contributed by atoms with Crippen LogP contribution < -0.4 is 4.74 Å². The van der Waals surface area contributed by atoms with Gasteiger partial charge in [-0.15, -0.1) is 0 Å². The summed E-state index contributed by atoms with van der Waals surface area (Å²) in [5.74, 6) is 1.68. The lowest BCUT2D eigenvalue weighted by molar-refractivity contribution is 0.399. The summed E-state index contributed by atoms with van der Waals surface area (Å²) in [5.41, 5.74) is 3.74. The Hall–Kier alpha value is -1.57. The van der Waals surface area contributed by atoms with Gasteiger partial charge in [0, 0.05) is 11.5 Å². The minimum atomic E-state index is 0.464. The molecule has 0 radical (unpaired) electrons. The molecule has 0 aliphatic rings. The topological polar surface area (TPSA) is 22.1 Å². The standard InChI is InChI=1S/C16H21NO/c1-10(2)13-8-12-6-7-15(18-5)17-16(12)14(9-13)11(3)4/h6-11H,1-5H3. The SMILES string of the molecule is COc1ccc2cc(C(C)C)cc(C(C)C)c2n1. The largest absolute Gasteiger partial charge is 0.481 e. The smallest absolute Gasteiger partial charge is 0.213 e. The van der Waals surface area contributed by atoms with Crippen molar-refractivity contribution >= 4 is 10.9 Å². The molecule has 1 aromatic heterocycles. The third-order valence-corrected chi connectivity index (χ3v) is 3.32. The molecule has 2 aromatic rings. The van der Waals surface area contributed by atoms with Gasteiger partial charge in [-0.3, -0.25) is 0 Å². The van der Waals surface area contributed by atoms with Crippen LogP contribution in [0.4, 0.5) is 0 Å². The van der Waals surface area contributed by atoms with Crippen LogP contribution in [0.15, 0.2) is 24.3 Å². The van der Waals surface area contributed by atoms with Gasteiger partial charge < -0.3 is 4.74 Å². The zero-order chi connectivity index (χ0) is 13.3. The number of hydrogen-bond acceptors (Lipinski definition) is 2. The highest BCUT2D eigenvalue weighted by Crippen LogP contribution is 2.30. The van der Waals surface area contributed by atoms with E-state index in [9.17, 15) is 0 Å². The van der Waals surface area contributed by atoms with Crippen molar-refractivity contribution in [2.75, 3.05) is 7.11 Å². The normalized spacial score (nSPS) is 11.5. The van der Waals surface area contributed by atoms with Crippen LogP contribution in [-0.2, 0) is 0 Å². The number of ether oxygens (including phenoxy) is 1. The zero-order valence-electron chi connectivity index (χ0n) is 11.8. The van der Waals surface area contributed by atoms with Crippen molar-refractivity contribution in [3.05, 3.63) is 35.4 Å². The first-order valence-corrected chi connectivity index (χ1v) is 6.51. The van der Waals surface area contributed by atoms with Crippen molar-refractivity contribution in [2.24, 2.45) is 0 Å². The van der Waals surface area contributed by atoms with E-state index in [4.69, 9.17) is 4.74 Å². The van der Waals surface area contributed by atoms with Gasteiger partial charge in [0.1, 0.15) is 0 Å². The van der Waals surface area contributed by atoms with Crippen molar-refractivity contribution in [3.63, 3.8) is 0 Å². The van der Waals surface area contributed by atoms with E-state index < -0.39 is 0 Å². The zero-order valence-corrected chi connectivity index (χ0v) is 11.8. The Labute approximate surface area is 109 Å².